The van der Waals surface area contributed by atoms with Crippen LogP contribution < -0.4 is 5.46 Å². The van der Waals surface area contributed by atoms with Gasteiger partial charge in [-0.25, -0.2) is 0 Å². The summed E-state index contributed by atoms with van der Waals surface area (Å²) in [5.41, 5.74) is 0.582. The van der Waals surface area contributed by atoms with Crippen LogP contribution in [0.25, 0.3) is 43.1 Å². The van der Waals surface area contributed by atoms with Gasteiger partial charge in [0.05, 0.1) is 0 Å². The van der Waals surface area contributed by atoms with E-state index in [4.69, 9.17) is 0 Å². The molecule has 0 fully saturated rings. The van der Waals surface area contributed by atoms with Crippen molar-refractivity contribution in [1.82, 2.24) is 0 Å². The third-order valence-electron chi connectivity index (χ3n) is 5.78. The molecule has 32 heavy (non-hydrogen) atoms. The van der Waals surface area contributed by atoms with Crippen molar-refractivity contribution in [2.75, 3.05) is 0 Å². The molecule has 154 valence electrons. The van der Waals surface area contributed by atoms with Gasteiger partial charge in [0.2, 0.25) is 0 Å². The summed E-state index contributed by atoms with van der Waals surface area (Å²) in [6, 6.07) is 36.7. The molecule has 6 aromatic carbocycles. The molecule has 6 aromatic rings. The summed E-state index contributed by atoms with van der Waals surface area (Å²) in [5.74, 6) is 0. The largest absolute Gasteiger partial charge is 0.489 e. The number of hydrogen-bond donors (Lipinski definition) is 2. The summed E-state index contributed by atoms with van der Waals surface area (Å²) in [5, 5.41) is 28.1. The molecule has 0 unspecified atom stereocenters. The minimum Gasteiger partial charge on any atom is -0.423 e. The normalized spacial score (nSPS) is 11.0. The van der Waals surface area contributed by atoms with E-state index < -0.39 is 7.12 Å². The van der Waals surface area contributed by atoms with Gasteiger partial charge in [-0.2, -0.15) is 0 Å². The molecule has 0 radical (unpaired) electrons. The van der Waals surface area contributed by atoms with Gasteiger partial charge in [0.25, 0.3) is 0 Å². The van der Waals surface area contributed by atoms with Crippen LogP contribution in [0, 0.1) is 0 Å². The maximum absolute atomic E-state index is 9.58. The average molecular weight is 479 g/mol. The number of rotatable bonds is 1. The molecule has 0 aliphatic carbocycles. The fraction of sp³-hybridized carbons (Fsp3) is 0. The quantitative estimate of drug-likeness (QED) is 0.211. The van der Waals surface area contributed by atoms with Crippen molar-refractivity contribution in [2.24, 2.45) is 0 Å². The zero-order valence-electron chi connectivity index (χ0n) is 17.2. The van der Waals surface area contributed by atoms with Gasteiger partial charge in [0.15, 0.2) is 0 Å². The highest BCUT2D eigenvalue weighted by Gasteiger charge is 2.18. The minimum atomic E-state index is -1.45. The Morgan fingerprint density at radius 3 is 1.16 bits per heavy atom. The Morgan fingerprint density at radius 1 is 0.469 bits per heavy atom. The number of halogens is 1. The maximum Gasteiger partial charge on any atom is 0.489 e. The Hall–Kier alpha value is -3.18. The molecule has 0 saturated heterocycles. The fourth-order valence-corrected chi connectivity index (χ4v) is 5.01. The first-order valence-electron chi connectivity index (χ1n) is 10.5. The Kier molecular flexibility index (Phi) is 5.67. The lowest BCUT2D eigenvalue weighted by atomic mass is 9.74. The lowest BCUT2D eigenvalue weighted by Crippen LogP contribution is -2.31. The van der Waals surface area contributed by atoms with E-state index in [1.807, 2.05) is 48.5 Å². The van der Waals surface area contributed by atoms with Crippen LogP contribution in [0.15, 0.2) is 114 Å². The number of hydrogen-bond acceptors (Lipinski definition) is 2. The minimum absolute atomic E-state index is 0.582. The number of fused-ring (bicyclic) bond motifs is 4. The summed E-state index contributed by atoms with van der Waals surface area (Å²) in [4.78, 5) is 0. The van der Waals surface area contributed by atoms with E-state index in [0.29, 0.717) is 5.46 Å². The molecular weight excluding hydrogens is 459 g/mol. The van der Waals surface area contributed by atoms with Gasteiger partial charge in [-0.3, -0.25) is 0 Å². The smallest absolute Gasteiger partial charge is 0.423 e. The van der Waals surface area contributed by atoms with Gasteiger partial charge >= 0.3 is 7.12 Å². The molecule has 0 saturated carbocycles. The summed E-state index contributed by atoms with van der Waals surface area (Å²) in [6.07, 6.45) is 0. The first-order valence-corrected chi connectivity index (χ1v) is 11.3. The first-order chi connectivity index (χ1) is 15.6. The fourth-order valence-electron chi connectivity index (χ4n) is 4.29. The molecular formula is C28H20BBrO2. The zero-order valence-corrected chi connectivity index (χ0v) is 18.8. The zero-order chi connectivity index (χ0) is 22.1. The Bertz CT molecular complexity index is 1470. The van der Waals surface area contributed by atoms with Crippen molar-refractivity contribution in [1.29, 1.82) is 0 Å². The second-order valence-electron chi connectivity index (χ2n) is 7.74. The summed E-state index contributed by atoms with van der Waals surface area (Å²) >= 11 is 3.68. The van der Waals surface area contributed by atoms with Crippen molar-refractivity contribution in [3.8, 4) is 0 Å². The van der Waals surface area contributed by atoms with E-state index in [2.05, 4.69) is 76.6 Å². The van der Waals surface area contributed by atoms with Crippen LogP contribution in [0.4, 0.5) is 0 Å². The standard InChI is InChI=1S/C14H11BO2.C14H9Br/c16-15(17)14-12-7-3-1-5-10(12)9-11-6-2-4-8-13(11)14;15-14-12-7-3-1-5-10(12)9-11-6-2-4-8-13(11)14/h1-9,16-17H;1-9H. The van der Waals surface area contributed by atoms with Crippen LogP contribution in [0.5, 0.6) is 0 Å². The van der Waals surface area contributed by atoms with E-state index in [1.54, 1.807) is 0 Å². The molecule has 0 aromatic heterocycles. The van der Waals surface area contributed by atoms with E-state index in [-0.39, 0.29) is 0 Å². The molecule has 0 bridgehead atoms. The molecule has 0 aliphatic heterocycles. The van der Waals surface area contributed by atoms with Crippen LogP contribution in [-0.4, -0.2) is 17.2 Å². The highest BCUT2D eigenvalue weighted by molar-refractivity contribution is 9.10. The van der Waals surface area contributed by atoms with Crippen molar-refractivity contribution in [3.05, 3.63) is 114 Å². The van der Waals surface area contributed by atoms with Crippen LogP contribution in [0.1, 0.15) is 0 Å². The summed E-state index contributed by atoms with van der Waals surface area (Å²) in [7, 11) is -1.45. The highest BCUT2D eigenvalue weighted by Crippen LogP contribution is 2.32. The SMILES string of the molecule is Brc1c2ccccc2cc2ccccc12.OB(O)c1c2ccccc2cc2ccccc12. The van der Waals surface area contributed by atoms with E-state index in [0.717, 1.165) is 21.5 Å². The second kappa shape index (κ2) is 8.75. The van der Waals surface area contributed by atoms with Crippen molar-refractivity contribution in [2.45, 2.75) is 0 Å². The van der Waals surface area contributed by atoms with Gasteiger partial charge in [0.1, 0.15) is 0 Å². The first kappa shape index (κ1) is 20.7. The third kappa shape index (κ3) is 3.78. The lowest BCUT2D eigenvalue weighted by Gasteiger charge is -2.10. The molecule has 4 heteroatoms. The highest BCUT2D eigenvalue weighted by atomic mass is 79.9. The van der Waals surface area contributed by atoms with Gasteiger partial charge < -0.3 is 10.0 Å². The third-order valence-corrected chi connectivity index (χ3v) is 6.63. The Labute approximate surface area is 195 Å². The van der Waals surface area contributed by atoms with Gasteiger partial charge in [-0.05, 0) is 76.6 Å². The van der Waals surface area contributed by atoms with Crippen LogP contribution in [0.3, 0.4) is 0 Å². The molecule has 2 nitrogen and oxygen atoms in total. The Morgan fingerprint density at radius 2 is 0.781 bits per heavy atom. The topological polar surface area (TPSA) is 40.5 Å². The predicted octanol–water partition coefficient (Wildman–Crippen LogP) is 6.43. The van der Waals surface area contributed by atoms with Crippen molar-refractivity contribution in [3.63, 3.8) is 0 Å². The molecule has 0 atom stereocenters. The Balaban J connectivity index is 0.000000136. The maximum atomic E-state index is 9.58. The monoisotopic (exact) mass is 478 g/mol. The molecule has 0 heterocycles. The summed E-state index contributed by atoms with van der Waals surface area (Å²) in [6.45, 7) is 0. The molecule has 6 rings (SSSR count). The second-order valence-corrected chi connectivity index (χ2v) is 8.53. The summed E-state index contributed by atoms with van der Waals surface area (Å²) < 4.78 is 1.19. The molecule has 0 spiro atoms. The van der Waals surface area contributed by atoms with E-state index >= 15 is 0 Å². The van der Waals surface area contributed by atoms with Crippen molar-refractivity contribution < 1.29 is 10.0 Å². The van der Waals surface area contributed by atoms with Crippen LogP contribution in [0.2, 0.25) is 0 Å². The average Bonchev–Trinajstić information content (AvgIpc) is 2.83. The van der Waals surface area contributed by atoms with Crippen molar-refractivity contribution >= 4 is 71.6 Å². The molecule has 0 amide bonds. The lowest BCUT2D eigenvalue weighted by molar-refractivity contribution is 0.426. The van der Waals surface area contributed by atoms with E-state index in [1.165, 1.54) is 26.0 Å². The predicted molar refractivity (Wildman–Crippen MR) is 140 cm³/mol. The molecule has 2 N–H and O–H groups in total. The van der Waals surface area contributed by atoms with E-state index in [9.17, 15) is 10.0 Å². The van der Waals surface area contributed by atoms with Gasteiger partial charge in [0, 0.05) is 4.47 Å². The number of benzene rings is 6. The van der Waals surface area contributed by atoms with Gasteiger partial charge in [-0.15, -0.1) is 0 Å². The van der Waals surface area contributed by atoms with Crippen LogP contribution in [-0.2, 0) is 0 Å². The van der Waals surface area contributed by atoms with Gasteiger partial charge in [-0.1, -0.05) is 97.1 Å². The van der Waals surface area contributed by atoms with Crippen LogP contribution >= 0.6 is 15.9 Å². The molecule has 0 aliphatic rings.